The Bertz CT molecular complexity index is 527. The standard InChI is InChI=1S/C12H14BrClN4/c1-2-18-8-16-17-12(18)7-15-6-9-3-4-11(14)10(13)5-9/h3-5,8,15H,2,6-7H2,1H3. The Hall–Kier alpha value is -0.910. The lowest BCUT2D eigenvalue weighted by atomic mass is 10.2. The van der Waals surface area contributed by atoms with E-state index in [4.69, 9.17) is 11.6 Å². The van der Waals surface area contributed by atoms with Gasteiger partial charge in [-0.15, -0.1) is 10.2 Å². The minimum atomic E-state index is 0.702. The lowest BCUT2D eigenvalue weighted by Gasteiger charge is -2.06. The van der Waals surface area contributed by atoms with Gasteiger partial charge in [0.25, 0.3) is 0 Å². The molecule has 0 saturated heterocycles. The van der Waals surface area contributed by atoms with Crippen LogP contribution in [0.25, 0.3) is 0 Å². The number of hydrogen-bond donors (Lipinski definition) is 1. The Labute approximate surface area is 119 Å². The molecule has 4 nitrogen and oxygen atoms in total. The molecule has 0 radical (unpaired) electrons. The molecular weight excluding hydrogens is 316 g/mol. The van der Waals surface area contributed by atoms with Crippen LogP contribution in [0, 0.1) is 0 Å². The lowest BCUT2D eigenvalue weighted by Crippen LogP contribution is -2.16. The lowest BCUT2D eigenvalue weighted by molar-refractivity contribution is 0.612. The van der Waals surface area contributed by atoms with E-state index in [2.05, 4.69) is 38.4 Å². The molecule has 6 heteroatoms. The van der Waals surface area contributed by atoms with Gasteiger partial charge in [-0.25, -0.2) is 0 Å². The third-order valence-electron chi connectivity index (χ3n) is 2.63. The van der Waals surface area contributed by atoms with E-state index in [0.717, 1.165) is 28.4 Å². The van der Waals surface area contributed by atoms with Crippen LogP contribution in [0.5, 0.6) is 0 Å². The molecule has 0 atom stereocenters. The zero-order valence-electron chi connectivity index (χ0n) is 10.0. The van der Waals surface area contributed by atoms with E-state index >= 15 is 0 Å². The van der Waals surface area contributed by atoms with Gasteiger partial charge in [-0.05, 0) is 40.5 Å². The van der Waals surface area contributed by atoms with Crippen LogP contribution in [-0.4, -0.2) is 14.8 Å². The zero-order chi connectivity index (χ0) is 13.0. The summed E-state index contributed by atoms with van der Waals surface area (Å²) >= 11 is 9.36. The fraction of sp³-hybridized carbons (Fsp3) is 0.333. The van der Waals surface area contributed by atoms with Crippen molar-refractivity contribution in [1.29, 1.82) is 0 Å². The topological polar surface area (TPSA) is 42.7 Å². The van der Waals surface area contributed by atoms with Crippen molar-refractivity contribution in [3.63, 3.8) is 0 Å². The highest BCUT2D eigenvalue weighted by Crippen LogP contribution is 2.23. The van der Waals surface area contributed by atoms with Gasteiger partial charge in [-0.2, -0.15) is 0 Å². The smallest absolute Gasteiger partial charge is 0.146 e. The largest absolute Gasteiger partial charge is 0.317 e. The molecule has 1 aromatic carbocycles. The molecule has 2 rings (SSSR count). The number of halogens is 2. The second-order valence-electron chi connectivity index (χ2n) is 3.89. The van der Waals surface area contributed by atoms with Crippen molar-refractivity contribution in [3.05, 3.63) is 45.4 Å². The molecule has 2 aromatic rings. The van der Waals surface area contributed by atoms with Gasteiger partial charge >= 0.3 is 0 Å². The third kappa shape index (κ3) is 3.31. The molecule has 0 amide bonds. The molecule has 1 aromatic heterocycles. The van der Waals surface area contributed by atoms with E-state index in [-0.39, 0.29) is 0 Å². The molecule has 0 saturated carbocycles. The van der Waals surface area contributed by atoms with Crippen LogP contribution in [0.3, 0.4) is 0 Å². The van der Waals surface area contributed by atoms with E-state index in [1.165, 1.54) is 5.56 Å². The van der Waals surface area contributed by atoms with E-state index in [0.29, 0.717) is 6.54 Å². The van der Waals surface area contributed by atoms with Gasteiger partial charge < -0.3 is 9.88 Å². The molecule has 0 aliphatic heterocycles. The average Bonchev–Trinajstić information content (AvgIpc) is 2.81. The zero-order valence-corrected chi connectivity index (χ0v) is 12.4. The predicted molar refractivity (Wildman–Crippen MR) is 75.4 cm³/mol. The first-order valence-corrected chi connectivity index (χ1v) is 6.89. The first-order chi connectivity index (χ1) is 8.70. The number of aromatic nitrogens is 3. The van der Waals surface area contributed by atoms with Crippen LogP contribution in [-0.2, 0) is 19.6 Å². The number of nitrogens with zero attached hydrogens (tertiary/aromatic N) is 3. The van der Waals surface area contributed by atoms with E-state index in [1.807, 2.05) is 22.8 Å². The Balaban J connectivity index is 1.90. The maximum absolute atomic E-state index is 5.95. The minimum Gasteiger partial charge on any atom is -0.317 e. The molecule has 0 bridgehead atoms. The Morgan fingerprint density at radius 1 is 1.39 bits per heavy atom. The Morgan fingerprint density at radius 3 is 2.94 bits per heavy atom. The summed E-state index contributed by atoms with van der Waals surface area (Å²) in [6.07, 6.45) is 1.75. The maximum atomic E-state index is 5.95. The van der Waals surface area contributed by atoms with Gasteiger partial charge in [0.05, 0.1) is 11.6 Å². The van der Waals surface area contributed by atoms with Crippen LogP contribution in [0.4, 0.5) is 0 Å². The summed E-state index contributed by atoms with van der Waals surface area (Å²) in [5.74, 6) is 0.950. The predicted octanol–water partition coefficient (Wildman–Crippen LogP) is 3.00. The van der Waals surface area contributed by atoms with Gasteiger partial charge in [0.15, 0.2) is 0 Å². The number of rotatable bonds is 5. The summed E-state index contributed by atoms with van der Waals surface area (Å²) in [5, 5.41) is 12.0. The minimum absolute atomic E-state index is 0.702. The third-order valence-corrected chi connectivity index (χ3v) is 3.85. The molecule has 1 N–H and O–H groups in total. The van der Waals surface area contributed by atoms with Crippen LogP contribution >= 0.6 is 27.5 Å². The molecule has 1 heterocycles. The first kappa shape index (κ1) is 13.5. The summed E-state index contributed by atoms with van der Waals surface area (Å²) in [6.45, 7) is 4.43. The molecule has 96 valence electrons. The van der Waals surface area contributed by atoms with Crippen LogP contribution in [0.2, 0.25) is 5.02 Å². The van der Waals surface area contributed by atoms with Gasteiger partial charge in [0.1, 0.15) is 12.2 Å². The number of hydrogen-bond acceptors (Lipinski definition) is 3. The maximum Gasteiger partial charge on any atom is 0.146 e. The van der Waals surface area contributed by atoms with Gasteiger partial charge in [-0.3, -0.25) is 0 Å². The summed E-state index contributed by atoms with van der Waals surface area (Å²) in [4.78, 5) is 0. The van der Waals surface area contributed by atoms with Crippen molar-refractivity contribution in [2.24, 2.45) is 0 Å². The highest BCUT2D eigenvalue weighted by atomic mass is 79.9. The highest BCUT2D eigenvalue weighted by Gasteiger charge is 2.03. The first-order valence-electron chi connectivity index (χ1n) is 5.72. The molecule has 0 spiro atoms. The number of benzene rings is 1. The van der Waals surface area contributed by atoms with Gasteiger partial charge in [0, 0.05) is 17.6 Å². The van der Waals surface area contributed by atoms with Gasteiger partial charge in [0.2, 0.25) is 0 Å². The van der Waals surface area contributed by atoms with Crippen molar-refractivity contribution < 1.29 is 0 Å². The van der Waals surface area contributed by atoms with E-state index in [9.17, 15) is 0 Å². The van der Waals surface area contributed by atoms with Crippen molar-refractivity contribution in [2.45, 2.75) is 26.6 Å². The van der Waals surface area contributed by atoms with Crippen molar-refractivity contribution in [2.75, 3.05) is 0 Å². The number of aryl methyl sites for hydroxylation is 1. The molecular formula is C12H14BrClN4. The molecule has 0 aliphatic rings. The molecule has 0 aliphatic carbocycles. The van der Waals surface area contributed by atoms with Crippen LogP contribution in [0.1, 0.15) is 18.3 Å². The van der Waals surface area contributed by atoms with Crippen molar-refractivity contribution in [3.8, 4) is 0 Å². The highest BCUT2D eigenvalue weighted by molar-refractivity contribution is 9.10. The van der Waals surface area contributed by atoms with Crippen molar-refractivity contribution in [1.82, 2.24) is 20.1 Å². The Morgan fingerprint density at radius 2 is 2.22 bits per heavy atom. The van der Waals surface area contributed by atoms with Crippen LogP contribution in [0.15, 0.2) is 29.0 Å². The second-order valence-corrected chi connectivity index (χ2v) is 5.15. The molecule has 0 unspecified atom stereocenters. The normalized spacial score (nSPS) is 10.8. The van der Waals surface area contributed by atoms with Crippen LogP contribution < -0.4 is 5.32 Å². The van der Waals surface area contributed by atoms with E-state index in [1.54, 1.807) is 6.33 Å². The van der Waals surface area contributed by atoms with E-state index < -0.39 is 0 Å². The summed E-state index contributed by atoms with van der Waals surface area (Å²) in [7, 11) is 0. The fourth-order valence-electron chi connectivity index (χ4n) is 1.65. The molecule has 18 heavy (non-hydrogen) atoms. The summed E-state index contributed by atoms with van der Waals surface area (Å²) in [6, 6.07) is 5.90. The SMILES string of the molecule is CCn1cnnc1CNCc1ccc(Cl)c(Br)c1. The van der Waals surface area contributed by atoms with Crippen molar-refractivity contribution >= 4 is 27.5 Å². The van der Waals surface area contributed by atoms with Gasteiger partial charge in [-0.1, -0.05) is 17.7 Å². The monoisotopic (exact) mass is 328 g/mol. The summed E-state index contributed by atoms with van der Waals surface area (Å²) in [5.41, 5.74) is 1.17. The Kier molecular flexibility index (Phi) is 4.74. The second kappa shape index (κ2) is 6.31. The molecule has 0 fully saturated rings. The average molecular weight is 330 g/mol. The quantitative estimate of drug-likeness (QED) is 0.917. The fourth-order valence-corrected chi connectivity index (χ4v) is 2.19. The summed E-state index contributed by atoms with van der Waals surface area (Å²) < 4.78 is 2.94. The number of nitrogens with one attached hydrogen (secondary N) is 1.